The molecule has 0 aliphatic carbocycles. The lowest BCUT2D eigenvalue weighted by molar-refractivity contribution is 0.0953. The number of unbranched alkanes of at least 4 members (excludes halogenated alkanes) is 1. The molecule has 1 amide bonds. The molecule has 0 aliphatic heterocycles. The minimum Gasteiger partial charge on any atom is -0.367 e. The quantitative estimate of drug-likeness (QED) is 0.672. The van der Waals surface area contributed by atoms with Crippen LogP contribution in [-0.4, -0.2) is 30.0 Å². The molecule has 0 bridgehead atoms. The van der Waals surface area contributed by atoms with E-state index in [0.29, 0.717) is 24.5 Å². The zero-order chi connectivity index (χ0) is 13.4. The average Bonchev–Trinajstić information content (AvgIpc) is 2.34. The Morgan fingerprint density at radius 1 is 1.35 bits per heavy atom. The summed E-state index contributed by atoms with van der Waals surface area (Å²) in [5.74, 6) is 0.534. The first-order chi connectivity index (χ1) is 8.65. The minimum absolute atomic E-state index is 0. The highest BCUT2D eigenvalue weighted by Gasteiger charge is 2.11. The molecule has 116 valence electrons. The summed E-state index contributed by atoms with van der Waals surface area (Å²) in [5, 5.41) is 6.04. The Kier molecular flexibility index (Phi) is 12.5. The van der Waals surface area contributed by atoms with Gasteiger partial charge in [-0.25, -0.2) is 4.98 Å². The number of hydrogen-bond acceptors (Lipinski definition) is 4. The van der Waals surface area contributed by atoms with Gasteiger partial charge in [-0.05, 0) is 45.4 Å². The van der Waals surface area contributed by atoms with E-state index in [-0.39, 0.29) is 36.8 Å². The Labute approximate surface area is 132 Å². The van der Waals surface area contributed by atoms with Gasteiger partial charge >= 0.3 is 0 Å². The third-order valence-corrected chi connectivity index (χ3v) is 2.39. The van der Waals surface area contributed by atoms with Gasteiger partial charge in [0.25, 0.3) is 5.91 Å². The lowest BCUT2D eigenvalue weighted by Crippen LogP contribution is -2.26. The second kappa shape index (κ2) is 11.8. The van der Waals surface area contributed by atoms with Crippen LogP contribution >= 0.6 is 24.8 Å². The number of aromatic nitrogens is 1. The molecule has 0 aliphatic rings. The number of carbonyl (C=O) groups is 1. The van der Waals surface area contributed by atoms with Crippen LogP contribution in [0.2, 0.25) is 0 Å². The van der Waals surface area contributed by atoms with E-state index in [1.807, 2.05) is 13.8 Å². The zero-order valence-corrected chi connectivity index (χ0v) is 13.5. The monoisotopic (exact) mass is 322 g/mol. The van der Waals surface area contributed by atoms with Crippen LogP contribution in [-0.2, 0) is 0 Å². The number of halogens is 2. The topological polar surface area (TPSA) is 80.0 Å². The summed E-state index contributed by atoms with van der Waals surface area (Å²) >= 11 is 0. The summed E-state index contributed by atoms with van der Waals surface area (Å²) in [5.41, 5.74) is 5.99. The lowest BCUT2D eigenvalue weighted by Gasteiger charge is -2.13. The van der Waals surface area contributed by atoms with E-state index >= 15 is 0 Å². The van der Waals surface area contributed by atoms with Crippen LogP contribution < -0.4 is 16.4 Å². The van der Waals surface area contributed by atoms with Crippen LogP contribution in [0.1, 0.15) is 37.0 Å². The smallest absolute Gasteiger partial charge is 0.255 e. The molecule has 1 aromatic rings. The number of rotatable bonds is 7. The Bertz CT molecular complexity index is 388. The van der Waals surface area contributed by atoms with Gasteiger partial charge in [0.15, 0.2) is 0 Å². The van der Waals surface area contributed by atoms with Gasteiger partial charge in [0, 0.05) is 18.8 Å². The van der Waals surface area contributed by atoms with E-state index < -0.39 is 0 Å². The van der Waals surface area contributed by atoms with Crippen LogP contribution in [0.4, 0.5) is 5.82 Å². The Morgan fingerprint density at radius 3 is 2.65 bits per heavy atom. The van der Waals surface area contributed by atoms with Crippen molar-refractivity contribution in [1.29, 1.82) is 0 Å². The van der Waals surface area contributed by atoms with Crippen molar-refractivity contribution in [3.05, 3.63) is 23.9 Å². The van der Waals surface area contributed by atoms with Gasteiger partial charge in [0.2, 0.25) is 0 Å². The Balaban J connectivity index is 0. The number of nitrogens with one attached hydrogen (secondary N) is 2. The van der Waals surface area contributed by atoms with Gasteiger partial charge in [-0.15, -0.1) is 24.8 Å². The van der Waals surface area contributed by atoms with E-state index in [2.05, 4.69) is 15.6 Å². The number of carbonyl (C=O) groups excluding carboxylic acids is 1. The average molecular weight is 323 g/mol. The molecule has 0 aromatic carbocycles. The third kappa shape index (κ3) is 7.53. The van der Waals surface area contributed by atoms with Crippen molar-refractivity contribution in [2.45, 2.75) is 32.7 Å². The predicted molar refractivity (Wildman–Crippen MR) is 88.1 cm³/mol. The maximum Gasteiger partial charge on any atom is 0.255 e. The first-order valence-electron chi connectivity index (χ1n) is 6.35. The standard InChI is InChI=1S/C13H22N4O.2ClH/c1-10(2)17-12-11(6-5-9-15-12)13(18)16-8-4-3-7-14;;/h5-6,9-10H,3-4,7-8,14H2,1-2H3,(H,15,17)(H,16,18);2*1H. The van der Waals surface area contributed by atoms with Crippen molar-refractivity contribution < 1.29 is 4.79 Å². The maximum absolute atomic E-state index is 12.0. The SMILES string of the molecule is CC(C)Nc1ncccc1C(=O)NCCCCN.Cl.Cl. The van der Waals surface area contributed by atoms with Gasteiger partial charge in [0.05, 0.1) is 5.56 Å². The highest BCUT2D eigenvalue weighted by Crippen LogP contribution is 2.12. The molecular weight excluding hydrogens is 299 g/mol. The van der Waals surface area contributed by atoms with E-state index in [4.69, 9.17) is 5.73 Å². The number of nitrogens with zero attached hydrogens (tertiary/aromatic N) is 1. The van der Waals surface area contributed by atoms with E-state index in [0.717, 1.165) is 12.8 Å². The van der Waals surface area contributed by atoms with Gasteiger partial charge in [-0.1, -0.05) is 0 Å². The van der Waals surface area contributed by atoms with Crippen molar-refractivity contribution in [3.63, 3.8) is 0 Å². The minimum atomic E-state index is -0.0942. The van der Waals surface area contributed by atoms with Crippen LogP contribution in [0.5, 0.6) is 0 Å². The number of anilines is 1. The van der Waals surface area contributed by atoms with Crippen molar-refractivity contribution >= 4 is 36.5 Å². The molecule has 0 radical (unpaired) electrons. The molecule has 0 saturated heterocycles. The second-order valence-corrected chi connectivity index (χ2v) is 4.45. The molecule has 4 N–H and O–H groups in total. The molecule has 0 atom stereocenters. The molecule has 20 heavy (non-hydrogen) atoms. The fourth-order valence-corrected chi connectivity index (χ4v) is 1.54. The fourth-order valence-electron chi connectivity index (χ4n) is 1.54. The molecule has 1 aromatic heterocycles. The maximum atomic E-state index is 12.0. The molecule has 0 saturated carbocycles. The van der Waals surface area contributed by atoms with Crippen molar-refractivity contribution in [2.75, 3.05) is 18.4 Å². The molecule has 0 unspecified atom stereocenters. The molecule has 7 heteroatoms. The molecule has 1 heterocycles. The molecule has 0 spiro atoms. The molecular formula is C13H24Cl2N4O. The van der Waals surface area contributed by atoms with Crippen LogP contribution in [0, 0.1) is 0 Å². The Hall–Kier alpha value is -1.04. The number of nitrogens with two attached hydrogens (primary N) is 1. The number of hydrogen-bond donors (Lipinski definition) is 3. The van der Waals surface area contributed by atoms with Crippen LogP contribution in [0.15, 0.2) is 18.3 Å². The van der Waals surface area contributed by atoms with Gasteiger partial charge in [0.1, 0.15) is 5.82 Å². The molecule has 5 nitrogen and oxygen atoms in total. The molecule has 1 rings (SSSR count). The van der Waals surface area contributed by atoms with Crippen molar-refractivity contribution in [3.8, 4) is 0 Å². The summed E-state index contributed by atoms with van der Waals surface area (Å²) < 4.78 is 0. The van der Waals surface area contributed by atoms with Gasteiger partial charge < -0.3 is 16.4 Å². The molecule has 0 fully saturated rings. The third-order valence-electron chi connectivity index (χ3n) is 2.39. The van der Waals surface area contributed by atoms with E-state index in [1.54, 1.807) is 18.3 Å². The zero-order valence-electron chi connectivity index (χ0n) is 11.9. The van der Waals surface area contributed by atoms with Gasteiger partial charge in [-0.3, -0.25) is 4.79 Å². The van der Waals surface area contributed by atoms with Crippen molar-refractivity contribution in [2.24, 2.45) is 5.73 Å². The highest BCUT2D eigenvalue weighted by molar-refractivity contribution is 5.98. The summed E-state index contributed by atoms with van der Waals surface area (Å²) in [6.45, 7) is 5.32. The largest absolute Gasteiger partial charge is 0.367 e. The lowest BCUT2D eigenvalue weighted by atomic mass is 10.2. The van der Waals surface area contributed by atoms with Crippen LogP contribution in [0.25, 0.3) is 0 Å². The number of pyridine rings is 1. The van der Waals surface area contributed by atoms with Crippen molar-refractivity contribution in [1.82, 2.24) is 10.3 Å². The normalized spacial score (nSPS) is 9.40. The predicted octanol–water partition coefficient (Wildman–Crippen LogP) is 2.21. The van der Waals surface area contributed by atoms with E-state index in [1.165, 1.54) is 0 Å². The number of amides is 1. The van der Waals surface area contributed by atoms with Gasteiger partial charge in [-0.2, -0.15) is 0 Å². The first-order valence-corrected chi connectivity index (χ1v) is 6.35. The second-order valence-electron chi connectivity index (χ2n) is 4.45. The van der Waals surface area contributed by atoms with E-state index in [9.17, 15) is 4.79 Å². The van der Waals surface area contributed by atoms with Crippen LogP contribution in [0.3, 0.4) is 0 Å². The summed E-state index contributed by atoms with van der Waals surface area (Å²) in [6, 6.07) is 3.78. The summed E-state index contributed by atoms with van der Waals surface area (Å²) in [6.07, 6.45) is 3.50. The Morgan fingerprint density at radius 2 is 2.05 bits per heavy atom. The first kappa shape index (κ1) is 21.3. The highest BCUT2D eigenvalue weighted by atomic mass is 35.5. The summed E-state index contributed by atoms with van der Waals surface area (Å²) in [4.78, 5) is 16.2. The fraction of sp³-hybridized carbons (Fsp3) is 0.538. The summed E-state index contributed by atoms with van der Waals surface area (Å²) in [7, 11) is 0.